The van der Waals surface area contributed by atoms with Gasteiger partial charge in [-0.1, -0.05) is 18.6 Å². The molecule has 2 fully saturated rings. The zero-order chi connectivity index (χ0) is 14.1. The zero-order valence-electron chi connectivity index (χ0n) is 11.2. The molecule has 1 aliphatic carbocycles. The fraction of sp³-hybridized carbons (Fsp3) is 0.533. The predicted octanol–water partition coefficient (Wildman–Crippen LogP) is 2.23. The first-order valence-corrected chi connectivity index (χ1v) is 7.13. The second kappa shape index (κ2) is 5.50. The van der Waals surface area contributed by atoms with Crippen molar-refractivity contribution in [1.82, 2.24) is 10.9 Å². The number of carbonyl (C=O) groups is 1. The molecule has 4 nitrogen and oxygen atoms in total. The van der Waals surface area contributed by atoms with Crippen LogP contribution in [0.2, 0.25) is 0 Å². The molecular weight excluding hydrogens is 259 g/mol. The molecule has 1 heterocycles. The van der Waals surface area contributed by atoms with Crippen LogP contribution in [0.25, 0.3) is 0 Å². The highest BCUT2D eigenvalue weighted by molar-refractivity contribution is 5.67. The quantitative estimate of drug-likeness (QED) is 0.793. The number of hydrogen-bond acceptors (Lipinski definition) is 3. The van der Waals surface area contributed by atoms with E-state index in [4.69, 9.17) is 5.11 Å². The number of hydrogen-bond donors (Lipinski definition) is 3. The molecule has 0 spiro atoms. The standard InChI is InChI=1S/C15H19FN2O2/c16-11-5-1-4-10(7-11)15-14-9(8-13(19)20)3-2-6-12(14)17-18-15/h1,4-5,7,9,12,14-15,17-18H,2-3,6,8H2,(H,19,20). The van der Waals surface area contributed by atoms with Gasteiger partial charge in [0.05, 0.1) is 6.04 Å². The molecule has 0 aromatic heterocycles. The summed E-state index contributed by atoms with van der Waals surface area (Å²) < 4.78 is 13.4. The number of carboxylic acids is 1. The summed E-state index contributed by atoms with van der Waals surface area (Å²) in [5.41, 5.74) is 7.39. The van der Waals surface area contributed by atoms with Crippen LogP contribution < -0.4 is 10.9 Å². The molecule has 1 saturated heterocycles. The van der Waals surface area contributed by atoms with Crippen molar-refractivity contribution in [3.8, 4) is 0 Å². The van der Waals surface area contributed by atoms with Crippen LogP contribution in [-0.2, 0) is 4.79 Å². The number of hydrazine groups is 1. The first-order chi connectivity index (χ1) is 9.65. The van der Waals surface area contributed by atoms with Crippen LogP contribution in [0.5, 0.6) is 0 Å². The summed E-state index contributed by atoms with van der Waals surface area (Å²) in [4.78, 5) is 11.1. The number of aliphatic carboxylic acids is 1. The third-order valence-corrected chi connectivity index (χ3v) is 4.55. The smallest absolute Gasteiger partial charge is 0.303 e. The van der Waals surface area contributed by atoms with Crippen molar-refractivity contribution in [2.45, 2.75) is 37.8 Å². The Kier molecular flexibility index (Phi) is 3.72. The van der Waals surface area contributed by atoms with Crippen molar-refractivity contribution < 1.29 is 14.3 Å². The maximum Gasteiger partial charge on any atom is 0.303 e. The minimum Gasteiger partial charge on any atom is -0.481 e. The molecule has 5 heteroatoms. The van der Waals surface area contributed by atoms with E-state index in [0.717, 1.165) is 24.8 Å². The Hall–Kier alpha value is -1.46. The van der Waals surface area contributed by atoms with Crippen LogP contribution in [0, 0.1) is 17.7 Å². The maximum absolute atomic E-state index is 13.4. The molecule has 4 atom stereocenters. The molecule has 108 valence electrons. The third-order valence-electron chi connectivity index (χ3n) is 4.55. The third kappa shape index (κ3) is 2.55. The Labute approximate surface area is 117 Å². The van der Waals surface area contributed by atoms with E-state index in [0.29, 0.717) is 0 Å². The van der Waals surface area contributed by atoms with Crippen molar-refractivity contribution in [2.75, 3.05) is 0 Å². The van der Waals surface area contributed by atoms with E-state index in [2.05, 4.69) is 10.9 Å². The molecule has 20 heavy (non-hydrogen) atoms. The Morgan fingerprint density at radius 1 is 1.35 bits per heavy atom. The normalized spacial score (nSPS) is 32.9. The molecule has 3 rings (SSSR count). The predicted molar refractivity (Wildman–Crippen MR) is 72.3 cm³/mol. The van der Waals surface area contributed by atoms with Gasteiger partial charge in [0, 0.05) is 12.5 Å². The van der Waals surface area contributed by atoms with E-state index < -0.39 is 5.97 Å². The SMILES string of the molecule is O=C(O)CC1CCCC2NNC(c3cccc(F)c3)C12. The minimum absolute atomic E-state index is 0.0136. The van der Waals surface area contributed by atoms with Crippen LogP contribution in [0.1, 0.15) is 37.3 Å². The van der Waals surface area contributed by atoms with Gasteiger partial charge in [0.2, 0.25) is 0 Å². The number of carboxylic acid groups (broad SMARTS) is 1. The number of nitrogens with one attached hydrogen (secondary N) is 2. The average molecular weight is 278 g/mol. The van der Waals surface area contributed by atoms with Gasteiger partial charge < -0.3 is 5.11 Å². The van der Waals surface area contributed by atoms with Crippen molar-refractivity contribution >= 4 is 5.97 Å². The zero-order valence-corrected chi connectivity index (χ0v) is 11.2. The van der Waals surface area contributed by atoms with Gasteiger partial charge in [-0.3, -0.25) is 10.2 Å². The highest BCUT2D eigenvalue weighted by Crippen LogP contribution is 2.43. The fourth-order valence-corrected chi connectivity index (χ4v) is 3.75. The molecular formula is C15H19FN2O2. The van der Waals surface area contributed by atoms with Gasteiger partial charge in [0.25, 0.3) is 0 Å². The van der Waals surface area contributed by atoms with E-state index >= 15 is 0 Å². The van der Waals surface area contributed by atoms with Crippen molar-refractivity contribution in [3.05, 3.63) is 35.6 Å². The number of fused-ring (bicyclic) bond motifs is 1. The summed E-state index contributed by atoms with van der Waals surface area (Å²) >= 11 is 0. The van der Waals surface area contributed by atoms with Crippen molar-refractivity contribution in [3.63, 3.8) is 0 Å². The lowest BCUT2D eigenvalue weighted by atomic mass is 9.71. The number of rotatable bonds is 3. The second-order valence-electron chi connectivity index (χ2n) is 5.79. The van der Waals surface area contributed by atoms with Gasteiger partial charge in [0.1, 0.15) is 5.82 Å². The van der Waals surface area contributed by atoms with Crippen molar-refractivity contribution in [2.24, 2.45) is 11.8 Å². The maximum atomic E-state index is 13.4. The lowest BCUT2D eigenvalue weighted by molar-refractivity contribution is -0.138. The van der Waals surface area contributed by atoms with Crippen LogP contribution >= 0.6 is 0 Å². The van der Waals surface area contributed by atoms with Gasteiger partial charge in [0.15, 0.2) is 0 Å². The largest absolute Gasteiger partial charge is 0.481 e. The fourth-order valence-electron chi connectivity index (χ4n) is 3.75. The molecule has 1 saturated carbocycles. The molecule has 1 aromatic carbocycles. The van der Waals surface area contributed by atoms with Gasteiger partial charge in [-0.2, -0.15) is 0 Å². The first-order valence-electron chi connectivity index (χ1n) is 7.13. The molecule has 2 aliphatic rings. The lowest BCUT2D eigenvalue weighted by Crippen LogP contribution is -2.37. The van der Waals surface area contributed by atoms with Gasteiger partial charge in [-0.25, -0.2) is 9.82 Å². The van der Waals surface area contributed by atoms with Gasteiger partial charge in [-0.05, 0) is 42.4 Å². The number of halogens is 1. The van der Waals surface area contributed by atoms with Crippen LogP contribution in [0.15, 0.2) is 24.3 Å². The summed E-state index contributed by atoms with van der Waals surface area (Å²) in [6, 6.07) is 6.83. The Balaban J connectivity index is 1.86. The molecule has 4 unspecified atom stereocenters. The second-order valence-corrected chi connectivity index (χ2v) is 5.79. The van der Waals surface area contributed by atoms with Crippen molar-refractivity contribution in [1.29, 1.82) is 0 Å². The van der Waals surface area contributed by atoms with E-state index in [1.54, 1.807) is 6.07 Å². The van der Waals surface area contributed by atoms with Crippen LogP contribution in [0.3, 0.4) is 0 Å². The lowest BCUT2D eigenvalue weighted by Gasteiger charge is -2.35. The minimum atomic E-state index is -0.749. The Morgan fingerprint density at radius 3 is 2.95 bits per heavy atom. The summed E-state index contributed by atoms with van der Waals surface area (Å²) in [6.07, 6.45) is 3.21. The molecule has 0 amide bonds. The monoisotopic (exact) mass is 278 g/mol. The van der Waals surface area contributed by atoms with Crippen LogP contribution in [-0.4, -0.2) is 17.1 Å². The first kappa shape index (κ1) is 13.5. The molecule has 1 aliphatic heterocycles. The van der Waals surface area contributed by atoms with E-state index in [1.807, 2.05) is 6.07 Å². The summed E-state index contributed by atoms with van der Waals surface area (Å²) in [5, 5.41) is 9.09. The molecule has 0 radical (unpaired) electrons. The highest BCUT2D eigenvalue weighted by atomic mass is 19.1. The summed E-state index contributed by atoms with van der Waals surface area (Å²) in [6.45, 7) is 0. The van der Waals surface area contributed by atoms with E-state index in [1.165, 1.54) is 12.1 Å². The summed E-state index contributed by atoms with van der Waals surface area (Å²) in [7, 11) is 0. The molecule has 1 aromatic rings. The molecule has 0 bridgehead atoms. The molecule has 3 N–H and O–H groups in total. The highest BCUT2D eigenvalue weighted by Gasteiger charge is 2.44. The van der Waals surface area contributed by atoms with E-state index in [-0.39, 0.29) is 36.2 Å². The Bertz CT molecular complexity index is 508. The Morgan fingerprint density at radius 2 is 2.20 bits per heavy atom. The van der Waals surface area contributed by atoms with Crippen LogP contribution in [0.4, 0.5) is 4.39 Å². The van der Waals surface area contributed by atoms with E-state index in [9.17, 15) is 9.18 Å². The average Bonchev–Trinajstić information content (AvgIpc) is 2.83. The van der Waals surface area contributed by atoms with Gasteiger partial charge >= 0.3 is 5.97 Å². The summed E-state index contributed by atoms with van der Waals surface area (Å²) in [5.74, 6) is -0.650. The topological polar surface area (TPSA) is 61.4 Å². The number of benzene rings is 1. The van der Waals surface area contributed by atoms with Gasteiger partial charge in [-0.15, -0.1) is 0 Å².